The van der Waals surface area contributed by atoms with Gasteiger partial charge in [-0.1, -0.05) is 6.07 Å². The van der Waals surface area contributed by atoms with Crippen molar-refractivity contribution in [3.63, 3.8) is 0 Å². The Kier molecular flexibility index (Phi) is 4.08. The van der Waals surface area contributed by atoms with Gasteiger partial charge in [-0.2, -0.15) is 0 Å². The molecule has 0 saturated carbocycles. The second-order valence-electron chi connectivity index (χ2n) is 3.41. The van der Waals surface area contributed by atoms with Gasteiger partial charge in [-0.15, -0.1) is 0 Å². The van der Waals surface area contributed by atoms with Crippen molar-refractivity contribution in [1.29, 1.82) is 0 Å². The number of rotatable bonds is 2. The normalized spacial score (nSPS) is 10.2. The van der Waals surface area contributed by atoms with Crippen molar-refractivity contribution < 1.29 is 9.18 Å². The largest absolute Gasteiger partial charge is 0.321 e. The van der Waals surface area contributed by atoms with Crippen molar-refractivity contribution in [2.45, 2.75) is 0 Å². The van der Waals surface area contributed by atoms with E-state index in [9.17, 15) is 9.18 Å². The van der Waals surface area contributed by atoms with E-state index >= 15 is 0 Å². The molecule has 1 heterocycles. The highest BCUT2D eigenvalue weighted by molar-refractivity contribution is 9.11. The zero-order valence-corrected chi connectivity index (χ0v) is 12.1. The molecule has 6 heteroatoms. The highest BCUT2D eigenvalue weighted by Gasteiger charge is 2.16. The van der Waals surface area contributed by atoms with Crippen LogP contribution in [0.4, 0.5) is 10.1 Å². The van der Waals surface area contributed by atoms with Crippen LogP contribution in [0.2, 0.25) is 0 Å². The van der Waals surface area contributed by atoms with Crippen molar-refractivity contribution in [3.8, 4) is 0 Å². The molecule has 92 valence electrons. The number of nitrogens with one attached hydrogen (secondary N) is 1. The van der Waals surface area contributed by atoms with Crippen molar-refractivity contribution in [1.82, 2.24) is 4.98 Å². The fraction of sp³-hybridized carbons (Fsp3) is 0. The summed E-state index contributed by atoms with van der Waals surface area (Å²) in [7, 11) is 0. The maximum absolute atomic E-state index is 13.6. The minimum absolute atomic E-state index is 0.0267. The first-order chi connectivity index (χ1) is 8.59. The zero-order chi connectivity index (χ0) is 13.1. The Bertz CT molecular complexity index is 584. The fourth-order valence-electron chi connectivity index (χ4n) is 1.38. The second kappa shape index (κ2) is 5.58. The third kappa shape index (κ3) is 2.76. The van der Waals surface area contributed by atoms with E-state index in [4.69, 9.17) is 0 Å². The number of hydrogen-bond acceptors (Lipinski definition) is 2. The van der Waals surface area contributed by atoms with Crippen LogP contribution in [0.3, 0.4) is 0 Å². The molecule has 0 fully saturated rings. The lowest BCUT2D eigenvalue weighted by molar-refractivity contribution is 0.102. The van der Waals surface area contributed by atoms with Crippen LogP contribution < -0.4 is 5.32 Å². The Morgan fingerprint density at radius 2 is 2.00 bits per heavy atom. The van der Waals surface area contributed by atoms with Gasteiger partial charge in [0, 0.05) is 16.9 Å². The molecule has 1 amide bonds. The lowest BCUT2D eigenvalue weighted by Gasteiger charge is -2.08. The number of pyridine rings is 1. The van der Waals surface area contributed by atoms with Crippen LogP contribution in [0.5, 0.6) is 0 Å². The molecule has 2 aromatic rings. The summed E-state index contributed by atoms with van der Waals surface area (Å²) >= 11 is 6.41. The minimum atomic E-state index is -0.577. The molecule has 0 atom stereocenters. The second-order valence-corrected chi connectivity index (χ2v) is 5.11. The standard InChI is InChI=1S/C12H7Br2FN2O/c13-7-2-1-3-9(15)11(7)12(18)17-10-4-5-16-6-8(10)14/h1-6H,(H,16,17,18). The van der Waals surface area contributed by atoms with Crippen LogP contribution in [-0.2, 0) is 0 Å². The monoisotopic (exact) mass is 372 g/mol. The molecule has 0 aliphatic rings. The number of carbonyl (C=O) groups excluding carboxylic acids is 1. The SMILES string of the molecule is O=C(Nc1ccncc1Br)c1c(F)cccc1Br. The van der Waals surface area contributed by atoms with Gasteiger partial charge in [0.2, 0.25) is 0 Å². The highest BCUT2D eigenvalue weighted by atomic mass is 79.9. The predicted octanol–water partition coefficient (Wildman–Crippen LogP) is 4.00. The number of carbonyl (C=O) groups is 1. The maximum atomic E-state index is 13.6. The summed E-state index contributed by atoms with van der Waals surface area (Å²) in [5.74, 6) is -1.10. The van der Waals surface area contributed by atoms with Crippen molar-refractivity contribution in [3.05, 3.63) is 57.0 Å². The number of amides is 1. The smallest absolute Gasteiger partial charge is 0.259 e. The van der Waals surface area contributed by atoms with Crippen LogP contribution in [0, 0.1) is 5.82 Å². The van der Waals surface area contributed by atoms with Crippen molar-refractivity contribution in [2.75, 3.05) is 5.32 Å². The third-order valence-electron chi connectivity index (χ3n) is 2.21. The first-order valence-corrected chi connectivity index (χ1v) is 6.53. The first kappa shape index (κ1) is 13.2. The minimum Gasteiger partial charge on any atom is -0.321 e. The van der Waals surface area contributed by atoms with Gasteiger partial charge in [-0.25, -0.2) is 4.39 Å². The lowest BCUT2D eigenvalue weighted by Crippen LogP contribution is -2.14. The van der Waals surface area contributed by atoms with E-state index in [1.54, 1.807) is 18.3 Å². The lowest BCUT2D eigenvalue weighted by atomic mass is 10.2. The van der Waals surface area contributed by atoms with E-state index < -0.39 is 11.7 Å². The Morgan fingerprint density at radius 1 is 1.22 bits per heavy atom. The quantitative estimate of drug-likeness (QED) is 0.864. The van der Waals surface area contributed by atoms with Crippen molar-refractivity contribution in [2.24, 2.45) is 0 Å². The summed E-state index contributed by atoms with van der Waals surface area (Å²) < 4.78 is 14.6. The molecule has 0 radical (unpaired) electrons. The summed E-state index contributed by atoms with van der Waals surface area (Å²) in [6, 6.07) is 6.00. The van der Waals surface area contributed by atoms with Crippen LogP contribution in [0.15, 0.2) is 45.6 Å². The van der Waals surface area contributed by atoms with E-state index in [1.165, 1.54) is 18.3 Å². The first-order valence-electron chi connectivity index (χ1n) is 4.94. The number of hydrogen-bond donors (Lipinski definition) is 1. The molecule has 0 spiro atoms. The molecule has 1 N–H and O–H groups in total. The third-order valence-corrected chi connectivity index (χ3v) is 3.50. The van der Waals surface area contributed by atoms with Gasteiger partial charge in [-0.05, 0) is 50.1 Å². The Morgan fingerprint density at radius 3 is 2.67 bits per heavy atom. The van der Waals surface area contributed by atoms with Crippen LogP contribution in [0.1, 0.15) is 10.4 Å². The zero-order valence-electron chi connectivity index (χ0n) is 8.95. The predicted molar refractivity (Wildman–Crippen MR) is 74.0 cm³/mol. The summed E-state index contributed by atoms with van der Waals surface area (Å²) in [4.78, 5) is 15.9. The summed E-state index contributed by atoms with van der Waals surface area (Å²) in [5, 5.41) is 2.61. The maximum Gasteiger partial charge on any atom is 0.259 e. The Hall–Kier alpha value is -1.27. The molecule has 0 bridgehead atoms. The molecule has 0 unspecified atom stereocenters. The molecule has 0 saturated heterocycles. The Labute approximate surface area is 120 Å². The molecule has 1 aromatic carbocycles. The summed E-state index contributed by atoms with van der Waals surface area (Å²) in [6.45, 7) is 0. The molecule has 0 aliphatic heterocycles. The van der Waals surface area contributed by atoms with E-state index in [0.717, 1.165) is 0 Å². The van der Waals surface area contributed by atoms with E-state index in [2.05, 4.69) is 42.2 Å². The molecule has 18 heavy (non-hydrogen) atoms. The van der Waals surface area contributed by atoms with Gasteiger partial charge in [-0.3, -0.25) is 9.78 Å². The number of aromatic nitrogens is 1. The molecule has 1 aromatic heterocycles. The number of nitrogens with zero attached hydrogens (tertiary/aromatic N) is 1. The number of anilines is 1. The molecule has 2 rings (SSSR count). The number of benzene rings is 1. The van der Waals surface area contributed by atoms with Crippen LogP contribution >= 0.6 is 31.9 Å². The van der Waals surface area contributed by atoms with E-state index in [1.807, 2.05) is 0 Å². The van der Waals surface area contributed by atoms with Gasteiger partial charge in [0.25, 0.3) is 5.91 Å². The fourth-order valence-corrected chi connectivity index (χ4v) is 2.25. The van der Waals surface area contributed by atoms with Gasteiger partial charge >= 0.3 is 0 Å². The van der Waals surface area contributed by atoms with E-state index in [-0.39, 0.29) is 5.56 Å². The topological polar surface area (TPSA) is 42.0 Å². The van der Waals surface area contributed by atoms with Gasteiger partial charge in [0.05, 0.1) is 15.7 Å². The van der Waals surface area contributed by atoms with E-state index in [0.29, 0.717) is 14.6 Å². The van der Waals surface area contributed by atoms with Gasteiger partial charge in [0.1, 0.15) is 5.82 Å². The average Bonchev–Trinajstić information content (AvgIpc) is 2.32. The summed E-state index contributed by atoms with van der Waals surface area (Å²) in [6.07, 6.45) is 3.09. The van der Waals surface area contributed by atoms with Crippen molar-refractivity contribution >= 4 is 43.5 Å². The van der Waals surface area contributed by atoms with Gasteiger partial charge in [0.15, 0.2) is 0 Å². The molecular weight excluding hydrogens is 367 g/mol. The Balaban J connectivity index is 2.31. The molecule has 0 aliphatic carbocycles. The van der Waals surface area contributed by atoms with Crippen LogP contribution in [-0.4, -0.2) is 10.9 Å². The highest BCUT2D eigenvalue weighted by Crippen LogP contribution is 2.24. The number of halogens is 3. The molecule has 3 nitrogen and oxygen atoms in total. The van der Waals surface area contributed by atoms with Crippen LogP contribution in [0.25, 0.3) is 0 Å². The summed E-state index contributed by atoms with van der Waals surface area (Å²) in [5.41, 5.74) is 0.506. The average molecular weight is 374 g/mol. The molecular formula is C12H7Br2FN2O. The van der Waals surface area contributed by atoms with Gasteiger partial charge < -0.3 is 5.32 Å².